The van der Waals surface area contributed by atoms with Crippen LogP contribution in [0.2, 0.25) is 0 Å². The van der Waals surface area contributed by atoms with Gasteiger partial charge in [0.25, 0.3) is 11.8 Å². The maximum absolute atomic E-state index is 14.2. The van der Waals surface area contributed by atoms with Gasteiger partial charge in [-0.15, -0.1) is 0 Å². The summed E-state index contributed by atoms with van der Waals surface area (Å²) in [6.45, 7) is 16.9. The Balaban J connectivity index is 0.889. The molecule has 18 heteroatoms. The zero-order valence-electron chi connectivity index (χ0n) is 41.3. The Morgan fingerprint density at radius 2 is 1.54 bits per heavy atom. The third-order valence-electron chi connectivity index (χ3n) is 13.6. The molecule has 2 aliphatic rings. The summed E-state index contributed by atoms with van der Waals surface area (Å²) in [7, 11) is -0.830. The second kappa shape index (κ2) is 21.1. The molecule has 8 rings (SSSR count). The number of aromatic nitrogens is 5. The molecule has 4 aromatic carbocycles. The quantitative estimate of drug-likeness (QED) is 0.0691. The van der Waals surface area contributed by atoms with E-state index in [-0.39, 0.29) is 53.1 Å². The highest BCUT2D eigenvalue weighted by Crippen LogP contribution is 2.46. The molecule has 4 heterocycles. The van der Waals surface area contributed by atoms with E-state index in [1.807, 2.05) is 118 Å². The molecule has 3 amide bonds. The second-order valence-corrected chi connectivity index (χ2v) is 19.8. The fraction of sp³-hybridized carbons (Fsp3) is 0.377. The first-order valence-corrected chi connectivity index (χ1v) is 24.1. The second-order valence-electron chi connectivity index (χ2n) is 19.8. The lowest BCUT2D eigenvalue weighted by Gasteiger charge is -2.37. The first kappa shape index (κ1) is 50.2. The van der Waals surface area contributed by atoms with Crippen LogP contribution in [0.1, 0.15) is 104 Å². The Kier molecular flexibility index (Phi) is 14.9. The van der Waals surface area contributed by atoms with Crippen molar-refractivity contribution in [3.8, 4) is 28.6 Å². The van der Waals surface area contributed by atoms with E-state index in [2.05, 4.69) is 49.5 Å². The number of carbonyl (C=O) groups is 3. The number of nitrogens with one attached hydrogen (secondary N) is 3. The highest BCUT2D eigenvalue weighted by atomic mass is 16.7. The highest BCUT2D eigenvalue weighted by Gasteiger charge is 2.57. The molecule has 6 aromatic rings. The molecule has 2 aromatic heterocycles. The van der Waals surface area contributed by atoms with Crippen molar-refractivity contribution in [3.63, 3.8) is 0 Å². The van der Waals surface area contributed by atoms with Crippen molar-refractivity contribution in [3.05, 3.63) is 154 Å². The molecule has 0 radical (unpaired) electrons. The van der Waals surface area contributed by atoms with E-state index >= 15 is 0 Å². The predicted molar refractivity (Wildman–Crippen MR) is 269 cm³/mol. The molecule has 0 bridgehead atoms. The highest BCUT2D eigenvalue weighted by molar-refractivity contribution is 6.48. The van der Waals surface area contributed by atoms with Crippen LogP contribution in [0.15, 0.2) is 114 Å². The molecule has 5 N–H and O–H groups in total. The fourth-order valence-corrected chi connectivity index (χ4v) is 9.30. The summed E-state index contributed by atoms with van der Waals surface area (Å²) in [6.07, 6.45) is 5.04. The summed E-state index contributed by atoms with van der Waals surface area (Å²) in [6, 6.07) is 26.5. The Morgan fingerprint density at radius 3 is 2.18 bits per heavy atom. The summed E-state index contributed by atoms with van der Waals surface area (Å²) in [4.78, 5) is 66.6. The molecule has 2 unspecified atom stereocenters. The Hall–Kier alpha value is -7.15. The van der Waals surface area contributed by atoms with Gasteiger partial charge < -0.3 is 35.1 Å². The summed E-state index contributed by atoms with van der Waals surface area (Å²) in [5, 5.41) is 33.8. The van der Waals surface area contributed by atoms with Crippen molar-refractivity contribution in [2.75, 3.05) is 26.2 Å². The van der Waals surface area contributed by atoms with Crippen molar-refractivity contribution in [1.29, 1.82) is 0 Å². The van der Waals surface area contributed by atoms with Crippen LogP contribution in [-0.2, 0) is 32.7 Å². The van der Waals surface area contributed by atoms with Crippen molar-refractivity contribution in [1.82, 2.24) is 45.2 Å². The van der Waals surface area contributed by atoms with Crippen LogP contribution in [0.25, 0.3) is 17.1 Å². The fourth-order valence-electron chi connectivity index (χ4n) is 9.30. The maximum atomic E-state index is 14.2. The van der Waals surface area contributed by atoms with Crippen molar-refractivity contribution in [2.45, 2.75) is 97.0 Å². The van der Waals surface area contributed by atoms with Gasteiger partial charge >= 0.3 is 12.8 Å². The molecule has 3 atom stereocenters. The van der Waals surface area contributed by atoms with Gasteiger partial charge in [0.15, 0.2) is 5.82 Å². The summed E-state index contributed by atoms with van der Waals surface area (Å²) in [5.41, 5.74) is 2.63. The number of phenols is 2. The minimum absolute atomic E-state index is 0.0220. The van der Waals surface area contributed by atoms with Crippen LogP contribution in [-0.4, -0.2) is 113 Å². The Morgan fingerprint density at radius 1 is 0.831 bits per heavy atom. The molecule has 71 heavy (non-hydrogen) atoms. The van der Waals surface area contributed by atoms with E-state index in [0.717, 1.165) is 16.7 Å². The predicted octanol–water partition coefficient (Wildman–Crippen LogP) is 6.15. The number of benzene rings is 4. The molecular formula is C53H62BN9O8. The number of carbonyl (C=O) groups excluding carboxylic acids is 3. The zero-order valence-corrected chi connectivity index (χ0v) is 41.3. The van der Waals surface area contributed by atoms with Crippen molar-refractivity contribution >= 4 is 24.8 Å². The third kappa shape index (κ3) is 11.1. The van der Waals surface area contributed by atoms with Gasteiger partial charge in [-0.05, 0) is 91.6 Å². The maximum Gasteiger partial charge on any atom is 0.482 e. The van der Waals surface area contributed by atoms with Crippen LogP contribution < -0.4 is 16.3 Å². The van der Waals surface area contributed by atoms with E-state index in [4.69, 9.17) is 9.31 Å². The minimum Gasteiger partial charge on any atom is -0.508 e. The number of phenolic OH excluding ortho intramolecular Hbond substituents is 2. The van der Waals surface area contributed by atoms with E-state index in [1.165, 1.54) is 29.2 Å². The lowest BCUT2D eigenvalue weighted by atomic mass is 9.73. The van der Waals surface area contributed by atoms with Crippen LogP contribution in [0, 0.1) is 5.92 Å². The van der Waals surface area contributed by atoms with Crippen LogP contribution in [0.4, 0.5) is 0 Å². The number of aromatic hydroxyl groups is 2. The average molecular weight is 964 g/mol. The summed E-state index contributed by atoms with van der Waals surface area (Å²) < 4.78 is 14.9. The number of hydrogen-bond donors (Lipinski definition) is 5. The van der Waals surface area contributed by atoms with E-state index < -0.39 is 41.9 Å². The number of amides is 3. The van der Waals surface area contributed by atoms with Crippen molar-refractivity contribution in [2.24, 2.45) is 5.92 Å². The van der Waals surface area contributed by atoms with Gasteiger partial charge in [-0.25, -0.2) is 19.4 Å². The van der Waals surface area contributed by atoms with Gasteiger partial charge in [0.1, 0.15) is 28.8 Å². The van der Waals surface area contributed by atoms with Gasteiger partial charge in [0.2, 0.25) is 5.91 Å². The largest absolute Gasteiger partial charge is 0.508 e. The number of H-pyrrole nitrogens is 1. The number of aromatic amines is 1. The normalized spacial score (nSPS) is 17.9. The molecule has 2 saturated heterocycles. The number of rotatable bonds is 16. The molecule has 0 saturated carbocycles. The van der Waals surface area contributed by atoms with Gasteiger partial charge in [-0.3, -0.25) is 24.3 Å². The topological polar surface area (TPSA) is 217 Å². The first-order chi connectivity index (χ1) is 33.9. The monoisotopic (exact) mass is 963 g/mol. The minimum atomic E-state index is -0.962. The van der Waals surface area contributed by atoms with Gasteiger partial charge in [0, 0.05) is 63.2 Å². The smallest absolute Gasteiger partial charge is 0.482 e. The lowest BCUT2D eigenvalue weighted by molar-refractivity contribution is -0.123. The zero-order chi connectivity index (χ0) is 50.6. The SMILES string of the molecule is CC(C)CC(NC(=O)[C@H](Cc1ccccc1)NC(=O)c1cnccn1)B1OC(C)(C)C(C)(c2ccc(C(=O)N3CCN(Cc4ccc(-n5c(-c6cc(C(C)C)c(O)cc6O)n[nH]c5=O)cc4)CC3)cc2)O1. The standard InChI is InChI=1S/C53H62BN9O8/c1-33(2)27-46(58-48(66)42(28-35-11-9-8-10-12-35)57-49(67)43-31-55-21-22-56-43)54-70-52(5,6)53(7,71-54)38-17-15-37(16-18-38)50(68)62-25-23-61(24-26-62)32-36-13-19-39(20-14-36)63-47(59-60-51(63)69)41-29-40(34(3)4)44(64)30-45(41)65/h8-22,29-31,33-34,42,46,64-65H,23-28,32H2,1-7H3,(H,57,67)(H,58,66)(H,60,69)/t42-,46?,53?/m0/s1. The molecule has 0 spiro atoms. The average Bonchev–Trinajstić information content (AvgIpc) is 3.86. The van der Waals surface area contributed by atoms with Gasteiger partial charge in [-0.2, -0.15) is 5.10 Å². The summed E-state index contributed by atoms with van der Waals surface area (Å²) >= 11 is 0. The molecule has 0 aliphatic carbocycles. The third-order valence-corrected chi connectivity index (χ3v) is 13.6. The van der Waals surface area contributed by atoms with Gasteiger partial charge in [-0.1, -0.05) is 82.3 Å². The lowest BCUT2D eigenvalue weighted by Crippen LogP contribution is -2.55. The Bertz CT molecular complexity index is 2890. The summed E-state index contributed by atoms with van der Waals surface area (Å²) in [5.74, 6) is -1.38. The van der Waals surface area contributed by atoms with Crippen LogP contribution in [0.5, 0.6) is 11.5 Å². The number of hydrogen-bond acceptors (Lipinski definition) is 12. The molecule has 370 valence electrons. The number of piperazine rings is 1. The number of nitrogens with zero attached hydrogens (tertiary/aromatic N) is 6. The van der Waals surface area contributed by atoms with Crippen LogP contribution in [0.3, 0.4) is 0 Å². The molecule has 2 fully saturated rings. The van der Waals surface area contributed by atoms with E-state index in [0.29, 0.717) is 61.5 Å². The van der Waals surface area contributed by atoms with Crippen molar-refractivity contribution < 1.29 is 33.9 Å². The Labute approximate surface area is 413 Å². The van der Waals surface area contributed by atoms with Gasteiger partial charge in [0.05, 0.1) is 29.0 Å². The van der Waals surface area contributed by atoms with Crippen LogP contribution >= 0.6 is 0 Å². The molecular weight excluding hydrogens is 901 g/mol. The van der Waals surface area contributed by atoms with E-state index in [9.17, 15) is 29.4 Å². The molecule has 2 aliphatic heterocycles. The molecule has 17 nitrogen and oxygen atoms in total. The van der Waals surface area contributed by atoms with E-state index in [1.54, 1.807) is 6.07 Å². The first-order valence-electron chi connectivity index (χ1n) is 24.1.